The molecular weight excluding hydrogens is 170 g/mol. The largest absolute Gasteiger partial charge is 0.348 e. The van der Waals surface area contributed by atoms with Gasteiger partial charge in [-0.15, -0.1) is 0 Å². The van der Waals surface area contributed by atoms with Gasteiger partial charge in [-0.1, -0.05) is 27.2 Å². The molecule has 0 N–H and O–H groups in total. The number of hydrogen-bond donors (Lipinski definition) is 0. The molecule has 0 atom stereocenters. The van der Waals surface area contributed by atoms with E-state index in [9.17, 15) is 0 Å². The maximum atomic E-state index is 2.55. The number of nitrogens with zero attached hydrogens (tertiary/aromatic N) is 1. The Morgan fingerprint density at radius 3 is 2.86 bits per heavy atom. The number of fused-ring (bicyclic) bond motifs is 1. The summed E-state index contributed by atoms with van der Waals surface area (Å²) in [6, 6.07) is 4.64. The van der Waals surface area contributed by atoms with Gasteiger partial charge in [0.15, 0.2) is 0 Å². The van der Waals surface area contributed by atoms with Gasteiger partial charge in [0.2, 0.25) is 0 Å². The smallest absolute Gasteiger partial charge is 0.0276 e. The number of rotatable bonds is 2. The van der Waals surface area contributed by atoms with E-state index in [0.717, 1.165) is 0 Å². The lowest BCUT2D eigenvalue weighted by Crippen LogP contribution is -2.27. The molecule has 1 heteroatoms. The summed E-state index contributed by atoms with van der Waals surface area (Å²) in [5.74, 6) is 0. The first-order valence-corrected chi connectivity index (χ1v) is 5.80. The maximum absolute atomic E-state index is 2.55. The number of aromatic nitrogens is 1. The van der Waals surface area contributed by atoms with E-state index in [0.29, 0.717) is 5.41 Å². The van der Waals surface area contributed by atoms with Crippen LogP contribution >= 0.6 is 0 Å². The lowest BCUT2D eigenvalue weighted by molar-refractivity contribution is 0.246. The van der Waals surface area contributed by atoms with Gasteiger partial charge in [0.05, 0.1) is 0 Å². The van der Waals surface area contributed by atoms with Gasteiger partial charge in [0, 0.05) is 17.9 Å². The predicted molar refractivity (Wildman–Crippen MR) is 60.5 cm³/mol. The average Bonchev–Trinajstić information content (AvgIpc) is 2.47. The van der Waals surface area contributed by atoms with Crippen LogP contribution in [0.25, 0.3) is 0 Å². The van der Waals surface area contributed by atoms with Gasteiger partial charge in [0.25, 0.3) is 0 Å². The fraction of sp³-hybridized carbons (Fsp3) is 0.692. The van der Waals surface area contributed by atoms with E-state index in [1.54, 1.807) is 5.69 Å². The fourth-order valence-electron chi connectivity index (χ4n) is 2.43. The van der Waals surface area contributed by atoms with Crippen molar-refractivity contribution < 1.29 is 0 Å². The zero-order valence-corrected chi connectivity index (χ0v) is 9.64. The Hall–Kier alpha value is -0.720. The molecule has 1 aliphatic rings. The molecule has 0 aliphatic carbocycles. The molecule has 0 fully saturated rings. The second-order valence-corrected chi connectivity index (χ2v) is 5.32. The monoisotopic (exact) mass is 191 g/mol. The molecule has 2 rings (SSSR count). The van der Waals surface area contributed by atoms with Gasteiger partial charge in [-0.2, -0.15) is 0 Å². The first-order valence-electron chi connectivity index (χ1n) is 5.80. The number of hydrogen-bond acceptors (Lipinski definition) is 0. The Morgan fingerprint density at radius 2 is 2.14 bits per heavy atom. The lowest BCUT2D eigenvalue weighted by Gasteiger charge is -2.32. The molecule has 0 unspecified atom stereocenters. The highest BCUT2D eigenvalue weighted by atomic mass is 15.0. The van der Waals surface area contributed by atoms with Crippen molar-refractivity contribution in [3.05, 3.63) is 23.5 Å². The molecule has 1 aliphatic heterocycles. The van der Waals surface area contributed by atoms with Gasteiger partial charge in [-0.05, 0) is 36.8 Å². The standard InChI is InChI=1S/C13H21N/c1-4-5-11-6-7-12-8-9-13(2,3)10-14(11)12/h6-7H,4-5,8-10H2,1-3H3. The van der Waals surface area contributed by atoms with Crippen LogP contribution in [-0.4, -0.2) is 4.57 Å². The Kier molecular flexibility index (Phi) is 2.42. The third kappa shape index (κ3) is 1.73. The van der Waals surface area contributed by atoms with Crippen molar-refractivity contribution in [2.45, 2.75) is 53.0 Å². The Labute approximate surface area is 87.1 Å². The predicted octanol–water partition coefficient (Wildman–Crippen LogP) is 3.41. The van der Waals surface area contributed by atoms with E-state index in [-0.39, 0.29) is 0 Å². The summed E-state index contributed by atoms with van der Waals surface area (Å²) in [5.41, 5.74) is 3.58. The minimum Gasteiger partial charge on any atom is -0.348 e. The van der Waals surface area contributed by atoms with E-state index < -0.39 is 0 Å². The number of aryl methyl sites for hydroxylation is 2. The summed E-state index contributed by atoms with van der Waals surface area (Å²) in [4.78, 5) is 0. The van der Waals surface area contributed by atoms with Crippen molar-refractivity contribution in [2.75, 3.05) is 0 Å². The Balaban J connectivity index is 2.28. The molecule has 0 bridgehead atoms. The van der Waals surface area contributed by atoms with Crippen LogP contribution in [0.3, 0.4) is 0 Å². The van der Waals surface area contributed by atoms with Crippen LogP contribution in [0.1, 0.15) is 45.0 Å². The Morgan fingerprint density at radius 1 is 1.36 bits per heavy atom. The van der Waals surface area contributed by atoms with Crippen molar-refractivity contribution in [1.82, 2.24) is 4.57 Å². The molecule has 0 amide bonds. The highest BCUT2D eigenvalue weighted by molar-refractivity contribution is 5.19. The summed E-state index contributed by atoms with van der Waals surface area (Å²) in [6.07, 6.45) is 5.08. The van der Waals surface area contributed by atoms with Crippen LogP contribution in [-0.2, 0) is 19.4 Å². The maximum Gasteiger partial charge on any atom is 0.0276 e. The van der Waals surface area contributed by atoms with Gasteiger partial charge in [-0.25, -0.2) is 0 Å². The van der Waals surface area contributed by atoms with Gasteiger partial charge < -0.3 is 4.57 Å². The molecule has 1 aromatic heterocycles. The van der Waals surface area contributed by atoms with Crippen molar-refractivity contribution in [3.8, 4) is 0 Å². The first kappa shape index (κ1) is 9.82. The van der Waals surface area contributed by atoms with E-state index in [2.05, 4.69) is 37.5 Å². The summed E-state index contributed by atoms with van der Waals surface area (Å²) in [6.45, 7) is 8.23. The van der Waals surface area contributed by atoms with Gasteiger partial charge in [-0.3, -0.25) is 0 Å². The molecule has 2 heterocycles. The van der Waals surface area contributed by atoms with Crippen molar-refractivity contribution >= 4 is 0 Å². The van der Waals surface area contributed by atoms with E-state index in [4.69, 9.17) is 0 Å². The summed E-state index contributed by atoms with van der Waals surface area (Å²) < 4.78 is 2.55. The molecule has 0 saturated heterocycles. The Bertz CT molecular complexity index is 320. The minimum absolute atomic E-state index is 0.495. The summed E-state index contributed by atoms with van der Waals surface area (Å²) >= 11 is 0. The fourth-order valence-corrected chi connectivity index (χ4v) is 2.43. The van der Waals surface area contributed by atoms with Crippen molar-refractivity contribution in [1.29, 1.82) is 0 Å². The van der Waals surface area contributed by atoms with Gasteiger partial charge >= 0.3 is 0 Å². The lowest BCUT2D eigenvalue weighted by atomic mass is 9.84. The highest BCUT2D eigenvalue weighted by Gasteiger charge is 2.25. The quantitative estimate of drug-likeness (QED) is 0.675. The minimum atomic E-state index is 0.495. The normalized spacial score (nSPS) is 19.4. The zero-order valence-electron chi connectivity index (χ0n) is 9.64. The van der Waals surface area contributed by atoms with Crippen molar-refractivity contribution in [3.63, 3.8) is 0 Å². The van der Waals surface area contributed by atoms with Crippen LogP contribution < -0.4 is 0 Å². The second kappa shape index (κ2) is 3.45. The SMILES string of the molecule is CCCc1ccc2n1CC(C)(C)CC2. The van der Waals surface area contributed by atoms with Crippen LogP contribution in [0.15, 0.2) is 12.1 Å². The van der Waals surface area contributed by atoms with E-state index >= 15 is 0 Å². The molecule has 0 aromatic carbocycles. The average molecular weight is 191 g/mol. The van der Waals surface area contributed by atoms with Crippen LogP contribution in [0.4, 0.5) is 0 Å². The molecule has 1 aromatic rings. The van der Waals surface area contributed by atoms with Crippen LogP contribution in [0, 0.1) is 5.41 Å². The van der Waals surface area contributed by atoms with Crippen LogP contribution in [0.5, 0.6) is 0 Å². The molecular formula is C13H21N. The topological polar surface area (TPSA) is 4.93 Å². The zero-order chi connectivity index (χ0) is 10.2. The third-order valence-corrected chi connectivity index (χ3v) is 3.31. The van der Waals surface area contributed by atoms with E-state index in [1.165, 1.54) is 37.9 Å². The van der Waals surface area contributed by atoms with E-state index in [1.807, 2.05) is 0 Å². The highest BCUT2D eigenvalue weighted by Crippen LogP contribution is 2.32. The molecule has 0 spiro atoms. The first-order chi connectivity index (χ1) is 6.62. The summed E-state index contributed by atoms with van der Waals surface area (Å²) in [5, 5.41) is 0. The molecule has 14 heavy (non-hydrogen) atoms. The molecule has 1 nitrogen and oxygen atoms in total. The molecule has 0 saturated carbocycles. The van der Waals surface area contributed by atoms with Gasteiger partial charge in [0.1, 0.15) is 0 Å². The molecule has 0 radical (unpaired) electrons. The second-order valence-electron chi connectivity index (χ2n) is 5.32. The van der Waals surface area contributed by atoms with Crippen molar-refractivity contribution in [2.24, 2.45) is 5.41 Å². The molecule has 78 valence electrons. The van der Waals surface area contributed by atoms with Crippen LogP contribution in [0.2, 0.25) is 0 Å². The third-order valence-electron chi connectivity index (χ3n) is 3.31. The summed E-state index contributed by atoms with van der Waals surface area (Å²) in [7, 11) is 0.